The topological polar surface area (TPSA) is 64.6 Å². The standard InChI is InChI=1S/C19H21NO4/c1-3-20-19(22)14(2)24-18(21)13-23-17-11-9-16(10-12-17)15-7-5-4-6-8-15/h4-12,14H,3,13H2,1-2H3,(H,20,22)/t14-/m1/s1. The fourth-order valence-corrected chi connectivity index (χ4v) is 2.12. The number of benzene rings is 2. The van der Waals surface area contributed by atoms with E-state index in [1.165, 1.54) is 6.92 Å². The number of carbonyl (C=O) groups excluding carboxylic acids is 2. The van der Waals surface area contributed by atoms with Gasteiger partial charge in [0.2, 0.25) is 0 Å². The van der Waals surface area contributed by atoms with Gasteiger partial charge in [-0.3, -0.25) is 4.79 Å². The predicted octanol–water partition coefficient (Wildman–Crippen LogP) is 2.80. The molecule has 0 spiro atoms. The summed E-state index contributed by atoms with van der Waals surface area (Å²) in [6.07, 6.45) is -0.832. The highest BCUT2D eigenvalue weighted by Crippen LogP contribution is 2.21. The molecule has 0 saturated carbocycles. The number of likely N-dealkylation sites (N-methyl/N-ethyl adjacent to an activating group) is 1. The van der Waals surface area contributed by atoms with Gasteiger partial charge < -0.3 is 14.8 Å². The van der Waals surface area contributed by atoms with Gasteiger partial charge >= 0.3 is 5.97 Å². The van der Waals surface area contributed by atoms with Gasteiger partial charge in [0.1, 0.15) is 5.75 Å². The predicted molar refractivity (Wildman–Crippen MR) is 91.6 cm³/mol. The minimum Gasteiger partial charge on any atom is -0.482 e. The van der Waals surface area contributed by atoms with Crippen LogP contribution in [0.3, 0.4) is 0 Å². The monoisotopic (exact) mass is 327 g/mol. The number of nitrogens with one attached hydrogen (secondary N) is 1. The molecule has 2 aromatic rings. The molecular weight excluding hydrogens is 306 g/mol. The lowest BCUT2D eigenvalue weighted by molar-refractivity contribution is -0.156. The van der Waals surface area contributed by atoms with E-state index in [9.17, 15) is 9.59 Å². The van der Waals surface area contributed by atoms with Crippen LogP contribution in [0.1, 0.15) is 13.8 Å². The fraction of sp³-hybridized carbons (Fsp3) is 0.263. The normalized spacial score (nSPS) is 11.4. The number of ether oxygens (including phenoxy) is 2. The van der Waals surface area contributed by atoms with Gasteiger partial charge in [-0.15, -0.1) is 0 Å². The Labute approximate surface area is 141 Å². The molecule has 5 nitrogen and oxygen atoms in total. The van der Waals surface area contributed by atoms with E-state index in [0.29, 0.717) is 12.3 Å². The first-order valence-electron chi connectivity index (χ1n) is 7.85. The Balaban J connectivity index is 1.84. The molecule has 1 amide bonds. The molecule has 0 unspecified atom stereocenters. The number of carbonyl (C=O) groups is 2. The highest BCUT2D eigenvalue weighted by Gasteiger charge is 2.17. The van der Waals surface area contributed by atoms with Crippen LogP contribution in [0.5, 0.6) is 5.75 Å². The summed E-state index contributed by atoms with van der Waals surface area (Å²) >= 11 is 0. The summed E-state index contributed by atoms with van der Waals surface area (Å²) < 4.78 is 10.4. The molecule has 126 valence electrons. The van der Waals surface area contributed by atoms with Crippen LogP contribution in [0.25, 0.3) is 11.1 Å². The summed E-state index contributed by atoms with van der Waals surface area (Å²) in [5, 5.41) is 2.59. The third-order valence-corrected chi connectivity index (χ3v) is 3.35. The maximum atomic E-state index is 11.7. The van der Waals surface area contributed by atoms with Crippen molar-refractivity contribution >= 4 is 11.9 Å². The van der Waals surface area contributed by atoms with Crippen molar-refractivity contribution in [2.45, 2.75) is 20.0 Å². The molecule has 0 fully saturated rings. The second-order valence-electron chi connectivity index (χ2n) is 5.21. The highest BCUT2D eigenvalue weighted by molar-refractivity contribution is 5.83. The third-order valence-electron chi connectivity index (χ3n) is 3.35. The number of esters is 1. The summed E-state index contributed by atoms with van der Waals surface area (Å²) in [4.78, 5) is 23.2. The van der Waals surface area contributed by atoms with Crippen LogP contribution in [-0.4, -0.2) is 31.1 Å². The first-order chi connectivity index (χ1) is 11.6. The van der Waals surface area contributed by atoms with Crippen molar-refractivity contribution in [1.82, 2.24) is 5.32 Å². The van der Waals surface area contributed by atoms with E-state index in [1.807, 2.05) is 42.5 Å². The maximum Gasteiger partial charge on any atom is 0.344 e. The molecule has 0 aliphatic heterocycles. The molecule has 0 aliphatic carbocycles. The van der Waals surface area contributed by atoms with E-state index in [2.05, 4.69) is 5.32 Å². The van der Waals surface area contributed by atoms with Gasteiger partial charge in [-0.2, -0.15) is 0 Å². The zero-order valence-corrected chi connectivity index (χ0v) is 13.8. The Morgan fingerprint density at radius 1 is 1.00 bits per heavy atom. The van der Waals surface area contributed by atoms with E-state index in [1.54, 1.807) is 19.1 Å². The summed E-state index contributed by atoms with van der Waals surface area (Å²) in [7, 11) is 0. The molecule has 0 radical (unpaired) electrons. The van der Waals surface area contributed by atoms with E-state index in [4.69, 9.17) is 9.47 Å². The number of rotatable bonds is 7. The van der Waals surface area contributed by atoms with E-state index < -0.39 is 12.1 Å². The Kier molecular flexibility index (Phi) is 6.37. The van der Waals surface area contributed by atoms with E-state index >= 15 is 0 Å². The van der Waals surface area contributed by atoms with Gasteiger partial charge in [-0.05, 0) is 37.1 Å². The average molecular weight is 327 g/mol. The van der Waals surface area contributed by atoms with Gasteiger partial charge in [0.05, 0.1) is 0 Å². The lowest BCUT2D eigenvalue weighted by atomic mass is 10.1. The zero-order valence-electron chi connectivity index (χ0n) is 13.8. The van der Waals surface area contributed by atoms with Crippen molar-refractivity contribution in [3.8, 4) is 16.9 Å². The van der Waals surface area contributed by atoms with E-state index in [-0.39, 0.29) is 12.5 Å². The first-order valence-corrected chi connectivity index (χ1v) is 7.85. The number of amides is 1. The molecule has 1 atom stereocenters. The molecule has 0 saturated heterocycles. The molecule has 0 aromatic heterocycles. The summed E-state index contributed by atoms with van der Waals surface area (Å²) in [5.41, 5.74) is 2.18. The lowest BCUT2D eigenvalue weighted by Crippen LogP contribution is -2.36. The molecular formula is C19H21NO4. The summed E-state index contributed by atoms with van der Waals surface area (Å²) in [6.45, 7) is 3.58. The quantitative estimate of drug-likeness (QED) is 0.794. The van der Waals surface area contributed by atoms with Crippen LogP contribution < -0.4 is 10.1 Å². The van der Waals surface area contributed by atoms with Crippen molar-refractivity contribution in [2.24, 2.45) is 0 Å². The van der Waals surface area contributed by atoms with Crippen molar-refractivity contribution < 1.29 is 19.1 Å². The summed E-state index contributed by atoms with van der Waals surface area (Å²) in [6, 6.07) is 17.4. The molecule has 0 bridgehead atoms. The highest BCUT2D eigenvalue weighted by atomic mass is 16.6. The zero-order chi connectivity index (χ0) is 17.4. The van der Waals surface area contributed by atoms with Crippen LogP contribution in [0, 0.1) is 0 Å². The van der Waals surface area contributed by atoms with Crippen molar-refractivity contribution in [3.63, 3.8) is 0 Å². The fourth-order valence-electron chi connectivity index (χ4n) is 2.12. The Morgan fingerprint density at radius 3 is 2.25 bits per heavy atom. The molecule has 0 aliphatic rings. The molecule has 0 heterocycles. The molecule has 2 rings (SSSR count). The Bertz CT molecular complexity index is 668. The van der Waals surface area contributed by atoms with Crippen LogP contribution in [0.15, 0.2) is 54.6 Å². The first kappa shape index (κ1) is 17.5. The SMILES string of the molecule is CCNC(=O)[C@@H](C)OC(=O)COc1ccc(-c2ccccc2)cc1. The van der Waals surface area contributed by atoms with Gasteiger partial charge in [0.25, 0.3) is 5.91 Å². The Morgan fingerprint density at radius 2 is 1.62 bits per heavy atom. The van der Waals surface area contributed by atoms with Crippen LogP contribution in [0.4, 0.5) is 0 Å². The van der Waals surface area contributed by atoms with Crippen molar-refractivity contribution in [1.29, 1.82) is 0 Å². The number of hydrogen-bond acceptors (Lipinski definition) is 4. The van der Waals surface area contributed by atoms with E-state index in [0.717, 1.165) is 11.1 Å². The van der Waals surface area contributed by atoms with Crippen LogP contribution >= 0.6 is 0 Å². The smallest absolute Gasteiger partial charge is 0.344 e. The average Bonchev–Trinajstić information content (AvgIpc) is 2.61. The molecule has 2 aromatic carbocycles. The Hall–Kier alpha value is -2.82. The minimum absolute atomic E-state index is 0.242. The van der Waals surface area contributed by atoms with Gasteiger partial charge in [0, 0.05) is 6.54 Å². The summed E-state index contributed by atoms with van der Waals surface area (Å²) in [5.74, 6) is -0.337. The van der Waals surface area contributed by atoms with Gasteiger partial charge in [0.15, 0.2) is 12.7 Å². The largest absolute Gasteiger partial charge is 0.482 e. The third kappa shape index (κ3) is 5.12. The second kappa shape index (κ2) is 8.72. The van der Waals surface area contributed by atoms with Crippen molar-refractivity contribution in [3.05, 3.63) is 54.6 Å². The molecule has 1 N–H and O–H groups in total. The molecule has 5 heteroatoms. The van der Waals surface area contributed by atoms with Gasteiger partial charge in [-0.1, -0.05) is 42.5 Å². The minimum atomic E-state index is -0.832. The van der Waals surface area contributed by atoms with Crippen LogP contribution in [-0.2, 0) is 14.3 Å². The lowest BCUT2D eigenvalue weighted by Gasteiger charge is -2.13. The van der Waals surface area contributed by atoms with Crippen molar-refractivity contribution in [2.75, 3.05) is 13.2 Å². The second-order valence-corrected chi connectivity index (χ2v) is 5.21. The maximum absolute atomic E-state index is 11.7. The number of hydrogen-bond donors (Lipinski definition) is 1. The molecule has 24 heavy (non-hydrogen) atoms. The van der Waals surface area contributed by atoms with Crippen LogP contribution in [0.2, 0.25) is 0 Å². The van der Waals surface area contributed by atoms with Gasteiger partial charge in [-0.25, -0.2) is 4.79 Å².